The maximum absolute atomic E-state index is 12.1. The predicted molar refractivity (Wildman–Crippen MR) is 72.4 cm³/mol. The average Bonchev–Trinajstić information content (AvgIpc) is 2.22. The van der Waals surface area contributed by atoms with Gasteiger partial charge in [-0.1, -0.05) is 15.9 Å². The molecule has 0 fully saturated rings. The van der Waals surface area contributed by atoms with Crippen LogP contribution < -0.4 is 0 Å². The molecule has 0 spiro atoms. The second kappa shape index (κ2) is 5.82. The van der Waals surface area contributed by atoms with Gasteiger partial charge in [-0.3, -0.25) is 0 Å². The molecule has 90 valence electrons. The molecule has 7 heteroatoms. The minimum absolute atomic E-state index is 0.231. The van der Waals surface area contributed by atoms with Crippen molar-refractivity contribution in [2.45, 2.75) is 4.90 Å². The Kier molecular flexibility index (Phi) is 5.25. The summed E-state index contributed by atoms with van der Waals surface area (Å²) in [5, 5.41) is 0. The van der Waals surface area contributed by atoms with E-state index in [9.17, 15) is 8.42 Å². The van der Waals surface area contributed by atoms with E-state index in [0.717, 1.165) is 0 Å². The predicted octanol–water partition coefficient (Wildman–Crippen LogP) is 3.07. The van der Waals surface area contributed by atoms with Crippen molar-refractivity contribution in [1.82, 2.24) is 4.31 Å². The normalized spacial score (nSPS) is 12.1. The van der Waals surface area contributed by atoms with Crippen LogP contribution in [0.1, 0.15) is 0 Å². The Bertz CT molecular complexity index is 478. The Balaban J connectivity index is 3.21. The van der Waals surface area contributed by atoms with Gasteiger partial charge in [0.15, 0.2) is 0 Å². The van der Waals surface area contributed by atoms with Crippen LogP contribution in [0.4, 0.5) is 0 Å². The summed E-state index contributed by atoms with van der Waals surface area (Å²) >= 11 is 12.0. The number of hydrogen-bond donors (Lipinski definition) is 0. The van der Waals surface area contributed by atoms with E-state index in [1.165, 1.54) is 11.4 Å². The Labute approximate surface area is 117 Å². The highest BCUT2D eigenvalue weighted by atomic mass is 79.9. The molecule has 0 aliphatic carbocycles. The Morgan fingerprint density at radius 3 is 2.56 bits per heavy atom. The lowest BCUT2D eigenvalue weighted by Gasteiger charge is -2.16. The highest BCUT2D eigenvalue weighted by Gasteiger charge is 2.22. The van der Waals surface area contributed by atoms with Crippen molar-refractivity contribution in [3.05, 3.63) is 27.1 Å². The Hall–Kier alpha value is 0.380. The molecule has 0 aliphatic rings. The van der Waals surface area contributed by atoms with E-state index in [1.807, 2.05) is 0 Å². The van der Waals surface area contributed by atoms with Crippen LogP contribution in [0.3, 0.4) is 0 Å². The smallest absolute Gasteiger partial charge is 0.207 e. The van der Waals surface area contributed by atoms with E-state index in [4.69, 9.17) is 11.6 Å². The molecular formula is C9H10Br2ClNO2S. The van der Waals surface area contributed by atoms with Crippen LogP contribution in [0.5, 0.6) is 0 Å². The quantitative estimate of drug-likeness (QED) is 0.740. The third-order valence-corrected chi connectivity index (χ3v) is 5.49. The molecule has 1 rings (SSSR count). The number of halogens is 3. The minimum atomic E-state index is -3.48. The van der Waals surface area contributed by atoms with Crippen LogP contribution in [-0.2, 0) is 10.0 Å². The molecule has 0 atom stereocenters. The molecule has 0 N–H and O–H groups in total. The molecule has 0 saturated heterocycles. The lowest BCUT2D eigenvalue weighted by Crippen LogP contribution is -2.29. The monoisotopic (exact) mass is 389 g/mol. The number of alkyl halides is 1. The molecule has 0 heterocycles. The molecular weight excluding hydrogens is 381 g/mol. The lowest BCUT2D eigenvalue weighted by atomic mass is 10.4. The molecule has 16 heavy (non-hydrogen) atoms. The first-order valence-corrected chi connectivity index (χ1v) is 7.93. The van der Waals surface area contributed by atoms with Gasteiger partial charge in [0, 0.05) is 28.4 Å². The highest BCUT2D eigenvalue weighted by Crippen LogP contribution is 2.27. The minimum Gasteiger partial charge on any atom is -0.207 e. The van der Waals surface area contributed by atoms with E-state index in [-0.39, 0.29) is 17.3 Å². The summed E-state index contributed by atoms with van der Waals surface area (Å²) in [6.07, 6.45) is 0. The van der Waals surface area contributed by atoms with Gasteiger partial charge in [-0.15, -0.1) is 11.6 Å². The molecule has 0 aromatic heterocycles. The summed E-state index contributed by atoms with van der Waals surface area (Å²) in [4.78, 5) is 0.231. The SMILES string of the molecule is CN(CCCl)S(=O)(=O)c1cc(Br)ccc1Br. The fourth-order valence-corrected chi connectivity index (χ4v) is 4.07. The van der Waals surface area contributed by atoms with Gasteiger partial charge in [0.1, 0.15) is 0 Å². The zero-order valence-corrected chi connectivity index (χ0v) is 13.2. The molecule has 0 radical (unpaired) electrons. The van der Waals surface area contributed by atoms with Crippen molar-refractivity contribution in [3.63, 3.8) is 0 Å². The third kappa shape index (κ3) is 3.20. The van der Waals surface area contributed by atoms with Crippen molar-refractivity contribution < 1.29 is 8.42 Å². The van der Waals surface area contributed by atoms with Gasteiger partial charge in [0.05, 0.1) is 4.90 Å². The van der Waals surface area contributed by atoms with Crippen molar-refractivity contribution in [2.24, 2.45) is 0 Å². The Morgan fingerprint density at radius 1 is 1.38 bits per heavy atom. The van der Waals surface area contributed by atoms with E-state index in [0.29, 0.717) is 8.95 Å². The largest absolute Gasteiger partial charge is 0.244 e. The van der Waals surface area contributed by atoms with Crippen LogP contribution in [0.2, 0.25) is 0 Å². The second-order valence-electron chi connectivity index (χ2n) is 3.09. The first-order valence-electron chi connectivity index (χ1n) is 4.37. The fraction of sp³-hybridized carbons (Fsp3) is 0.333. The fourth-order valence-electron chi connectivity index (χ4n) is 1.08. The standard InChI is InChI=1S/C9H10Br2ClNO2S/c1-13(5-4-12)16(14,15)9-6-7(10)2-3-8(9)11/h2-3,6H,4-5H2,1H3. The molecule has 0 bridgehead atoms. The molecule has 1 aromatic rings. The summed E-state index contributed by atoms with van der Waals surface area (Å²) in [7, 11) is -1.98. The zero-order valence-electron chi connectivity index (χ0n) is 8.45. The van der Waals surface area contributed by atoms with E-state index in [2.05, 4.69) is 31.9 Å². The maximum Gasteiger partial charge on any atom is 0.244 e. The van der Waals surface area contributed by atoms with Crippen molar-refractivity contribution in [1.29, 1.82) is 0 Å². The summed E-state index contributed by atoms with van der Waals surface area (Å²) in [5.41, 5.74) is 0. The number of nitrogens with zero attached hydrogens (tertiary/aromatic N) is 1. The molecule has 0 amide bonds. The number of sulfonamides is 1. The molecule has 0 unspecified atom stereocenters. The first kappa shape index (κ1) is 14.4. The molecule has 0 saturated carbocycles. The molecule has 1 aromatic carbocycles. The topological polar surface area (TPSA) is 37.4 Å². The van der Waals surface area contributed by atoms with Gasteiger partial charge < -0.3 is 0 Å². The van der Waals surface area contributed by atoms with Crippen molar-refractivity contribution in [2.75, 3.05) is 19.5 Å². The highest BCUT2D eigenvalue weighted by molar-refractivity contribution is 9.11. The van der Waals surface area contributed by atoms with Gasteiger partial charge >= 0.3 is 0 Å². The van der Waals surface area contributed by atoms with Gasteiger partial charge in [-0.05, 0) is 34.1 Å². The average molecular weight is 392 g/mol. The zero-order chi connectivity index (χ0) is 12.3. The van der Waals surface area contributed by atoms with E-state index < -0.39 is 10.0 Å². The summed E-state index contributed by atoms with van der Waals surface area (Å²) in [6.45, 7) is 0.281. The van der Waals surface area contributed by atoms with Gasteiger partial charge in [0.2, 0.25) is 10.0 Å². The van der Waals surface area contributed by atoms with Gasteiger partial charge in [-0.25, -0.2) is 8.42 Å². The first-order chi connectivity index (χ1) is 7.39. The van der Waals surface area contributed by atoms with Crippen LogP contribution in [0.15, 0.2) is 32.0 Å². The second-order valence-corrected chi connectivity index (χ2v) is 7.25. The summed E-state index contributed by atoms with van der Waals surface area (Å²) < 4.78 is 26.7. The molecule has 3 nitrogen and oxygen atoms in total. The van der Waals surface area contributed by atoms with Crippen molar-refractivity contribution >= 4 is 53.5 Å². The van der Waals surface area contributed by atoms with Crippen molar-refractivity contribution in [3.8, 4) is 0 Å². The van der Waals surface area contributed by atoms with E-state index >= 15 is 0 Å². The molecule has 0 aliphatic heterocycles. The Morgan fingerprint density at radius 2 is 2.00 bits per heavy atom. The lowest BCUT2D eigenvalue weighted by molar-refractivity contribution is 0.487. The number of hydrogen-bond acceptors (Lipinski definition) is 2. The van der Waals surface area contributed by atoms with Crippen LogP contribution in [0, 0.1) is 0 Å². The summed E-state index contributed by atoms with van der Waals surface area (Å²) in [5.74, 6) is 0.265. The van der Waals surface area contributed by atoms with Crippen LogP contribution >= 0.6 is 43.5 Å². The van der Waals surface area contributed by atoms with Crippen LogP contribution in [0.25, 0.3) is 0 Å². The maximum atomic E-state index is 12.1. The van der Waals surface area contributed by atoms with E-state index in [1.54, 1.807) is 18.2 Å². The van der Waals surface area contributed by atoms with Gasteiger partial charge in [-0.2, -0.15) is 4.31 Å². The number of rotatable bonds is 4. The van der Waals surface area contributed by atoms with Crippen LogP contribution in [-0.4, -0.2) is 32.2 Å². The number of benzene rings is 1. The third-order valence-electron chi connectivity index (χ3n) is 1.98. The van der Waals surface area contributed by atoms with Gasteiger partial charge in [0.25, 0.3) is 0 Å². The summed E-state index contributed by atoms with van der Waals surface area (Å²) in [6, 6.07) is 5.01.